The quantitative estimate of drug-likeness (QED) is 0.494. The van der Waals surface area contributed by atoms with Crippen LogP contribution >= 0.6 is 0 Å². The molecule has 5 nitrogen and oxygen atoms in total. The zero-order valence-electron chi connectivity index (χ0n) is 9.79. The van der Waals surface area contributed by atoms with Gasteiger partial charge in [-0.3, -0.25) is 0 Å². The fourth-order valence-corrected chi connectivity index (χ4v) is 1.61. The normalized spacial score (nSPS) is 12.6. The summed E-state index contributed by atoms with van der Waals surface area (Å²) >= 11 is 0. The molecule has 0 radical (unpaired) electrons. The molecule has 1 rings (SSSR count). The van der Waals surface area contributed by atoms with Gasteiger partial charge in [0.15, 0.2) is 5.44 Å². The molecule has 0 bridgehead atoms. The molecule has 1 atom stereocenters. The summed E-state index contributed by atoms with van der Waals surface area (Å²) < 4.78 is 36.9. The third-order valence-corrected chi connectivity index (χ3v) is 2.73. The fraction of sp³-hybridized carbons (Fsp3) is 0.400. The van der Waals surface area contributed by atoms with Crippen molar-refractivity contribution >= 4 is 10.1 Å². The van der Waals surface area contributed by atoms with Crippen LogP contribution in [0.15, 0.2) is 24.3 Å². The van der Waals surface area contributed by atoms with Crippen LogP contribution in [0.2, 0.25) is 0 Å². The summed E-state index contributed by atoms with van der Waals surface area (Å²) in [5.74, 6) is 0.570. The molecule has 0 amide bonds. The molecular weight excluding hydrogens is 255 g/mol. The van der Waals surface area contributed by atoms with Gasteiger partial charge in [0.2, 0.25) is 0 Å². The Morgan fingerprint density at radius 2 is 1.88 bits per heavy atom. The maximum Gasteiger partial charge on any atom is 1.00 e. The third kappa shape index (κ3) is 5.37. The van der Waals surface area contributed by atoms with Crippen molar-refractivity contribution in [3.8, 4) is 5.75 Å². The topological polar surface area (TPSA) is 86.7 Å². The van der Waals surface area contributed by atoms with Gasteiger partial charge in [-0.05, 0) is 24.1 Å². The molecule has 0 saturated heterocycles. The Bertz CT molecular complexity index is 429. The van der Waals surface area contributed by atoms with Crippen LogP contribution in [-0.4, -0.2) is 24.7 Å². The molecule has 0 spiro atoms. The Balaban J connectivity index is 0.00000256. The first-order valence-corrected chi connectivity index (χ1v) is 6.28. The van der Waals surface area contributed by atoms with Gasteiger partial charge in [-0.25, -0.2) is 8.42 Å². The molecule has 90 valence electrons. The van der Waals surface area contributed by atoms with Gasteiger partial charge in [-0.15, -0.1) is 0 Å². The van der Waals surface area contributed by atoms with Crippen molar-refractivity contribution in [2.45, 2.75) is 18.8 Å². The molecule has 17 heavy (non-hydrogen) atoms. The first-order chi connectivity index (χ1) is 7.45. The van der Waals surface area contributed by atoms with Gasteiger partial charge in [0.05, 0.1) is 6.61 Å². The zero-order chi connectivity index (χ0) is 12.2. The average molecular weight is 268 g/mol. The molecule has 7 heteroatoms. The van der Waals surface area contributed by atoms with Gasteiger partial charge in [-0.1, -0.05) is 19.1 Å². The van der Waals surface area contributed by atoms with E-state index in [1.54, 1.807) is 0 Å². The van der Waals surface area contributed by atoms with Crippen molar-refractivity contribution in [1.82, 2.24) is 0 Å². The van der Waals surface area contributed by atoms with E-state index in [0.717, 1.165) is 6.42 Å². The number of hydrogen-bond donors (Lipinski definition) is 1. The standard InChI is InChI=1S/C10H14O5S.Na/c1-2-7-15-9-5-3-8(4-6-9)10(11)16(12,13)14;/h3-6,10-11H,2,7H2,1H3,(H,12,13,14);/q;+1/p-1. The van der Waals surface area contributed by atoms with Crippen LogP contribution in [-0.2, 0) is 10.1 Å². The van der Waals surface area contributed by atoms with E-state index < -0.39 is 15.6 Å². The van der Waals surface area contributed by atoms with Crippen LogP contribution in [0.4, 0.5) is 0 Å². The number of aliphatic hydroxyl groups excluding tert-OH is 1. The van der Waals surface area contributed by atoms with Crippen LogP contribution in [0.3, 0.4) is 0 Å². The molecule has 0 aliphatic heterocycles. The van der Waals surface area contributed by atoms with Crippen molar-refractivity contribution in [2.24, 2.45) is 0 Å². The molecule has 0 aliphatic carbocycles. The minimum atomic E-state index is -4.72. The Hall–Kier alpha value is -0.110. The summed E-state index contributed by atoms with van der Waals surface area (Å²) in [6, 6.07) is 5.73. The number of hydrogen-bond acceptors (Lipinski definition) is 5. The SMILES string of the molecule is CCCOc1ccc(C(O)S(=O)(=O)[O-])cc1.[Na+]. The van der Waals surface area contributed by atoms with E-state index in [1.807, 2.05) is 6.92 Å². The molecule has 0 fully saturated rings. The minimum absolute atomic E-state index is 0. The van der Waals surface area contributed by atoms with Crippen molar-refractivity contribution in [3.63, 3.8) is 0 Å². The summed E-state index contributed by atoms with van der Waals surface area (Å²) in [5, 5.41) is 9.18. The molecule has 0 aliphatic rings. The summed E-state index contributed by atoms with van der Waals surface area (Å²) in [6.07, 6.45) is 0.860. The smallest absolute Gasteiger partial charge is 0.746 e. The van der Waals surface area contributed by atoms with Crippen molar-refractivity contribution in [1.29, 1.82) is 0 Å². The van der Waals surface area contributed by atoms with Crippen LogP contribution in [0.25, 0.3) is 0 Å². The van der Waals surface area contributed by atoms with E-state index in [0.29, 0.717) is 12.4 Å². The van der Waals surface area contributed by atoms with E-state index in [2.05, 4.69) is 0 Å². The fourth-order valence-electron chi connectivity index (χ4n) is 1.12. The van der Waals surface area contributed by atoms with E-state index in [9.17, 15) is 18.1 Å². The van der Waals surface area contributed by atoms with E-state index in [-0.39, 0.29) is 35.1 Å². The molecular formula is C10H13NaO5S. The third-order valence-electron chi connectivity index (χ3n) is 1.91. The second kappa shape index (κ2) is 7.35. The Morgan fingerprint density at radius 1 is 1.35 bits per heavy atom. The Labute approximate surface area is 123 Å². The monoisotopic (exact) mass is 268 g/mol. The molecule has 1 aromatic rings. The Morgan fingerprint density at radius 3 is 2.29 bits per heavy atom. The molecule has 0 heterocycles. The predicted molar refractivity (Wildman–Crippen MR) is 56.9 cm³/mol. The summed E-state index contributed by atoms with van der Waals surface area (Å²) in [6.45, 7) is 2.52. The largest absolute Gasteiger partial charge is 1.00 e. The van der Waals surface area contributed by atoms with Crippen molar-refractivity contribution < 1.29 is 52.4 Å². The summed E-state index contributed by atoms with van der Waals surface area (Å²) in [5.41, 5.74) is -1.98. The number of benzene rings is 1. The molecule has 1 aromatic carbocycles. The van der Waals surface area contributed by atoms with Gasteiger partial charge in [-0.2, -0.15) is 0 Å². The van der Waals surface area contributed by atoms with Gasteiger partial charge < -0.3 is 14.4 Å². The van der Waals surface area contributed by atoms with Crippen molar-refractivity contribution in [2.75, 3.05) is 6.61 Å². The number of ether oxygens (including phenoxy) is 1. The van der Waals surface area contributed by atoms with Crippen LogP contribution < -0.4 is 34.3 Å². The molecule has 0 saturated carbocycles. The van der Waals surface area contributed by atoms with Crippen LogP contribution in [0, 0.1) is 0 Å². The minimum Gasteiger partial charge on any atom is -0.746 e. The van der Waals surface area contributed by atoms with Gasteiger partial charge >= 0.3 is 29.6 Å². The second-order valence-corrected chi connectivity index (χ2v) is 4.69. The van der Waals surface area contributed by atoms with E-state index >= 15 is 0 Å². The number of aliphatic hydroxyl groups is 1. The summed E-state index contributed by atoms with van der Waals surface area (Å²) in [7, 11) is -4.72. The molecule has 1 N–H and O–H groups in total. The maximum atomic E-state index is 10.6. The Kier molecular flexibility index (Phi) is 7.30. The predicted octanol–water partition coefficient (Wildman–Crippen LogP) is -1.98. The second-order valence-electron chi connectivity index (χ2n) is 3.26. The molecule has 0 aromatic heterocycles. The van der Waals surface area contributed by atoms with E-state index in [4.69, 9.17) is 4.74 Å². The first-order valence-electron chi connectivity index (χ1n) is 4.80. The van der Waals surface area contributed by atoms with Gasteiger partial charge in [0.25, 0.3) is 0 Å². The average Bonchev–Trinajstić information content (AvgIpc) is 2.25. The first kappa shape index (κ1) is 16.9. The van der Waals surface area contributed by atoms with Gasteiger partial charge in [0.1, 0.15) is 15.9 Å². The maximum absolute atomic E-state index is 10.6. The number of rotatable bonds is 5. The molecule has 1 unspecified atom stereocenters. The summed E-state index contributed by atoms with van der Waals surface area (Å²) in [4.78, 5) is 0. The van der Waals surface area contributed by atoms with E-state index in [1.165, 1.54) is 24.3 Å². The van der Waals surface area contributed by atoms with Crippen molar-refractivity contribution in [3.05, 3.63) is 29.8 Å². The van der Waals surface area contributed by atoms with Crippen LogP contribution in [0.1, 0.15) is 24.3 Å². The van der Waals surface area contributed by atoms with Crippen LogP contribution in [0.5, 0.6) is 5.75 Å². The zero-order valence-corrected chi connectivity index (χ0v) is 12.6. The van der Waals surface area contributed by atoms with Gasteiger partial charge in [0, 0.05) is 0 Å².